The second-order valence-electron chi connectivity index (χ2n) is 4.39. The van der Waals surface area contributed by atoms with Crippen molar-refractivity contribution in [3.05, 3.63) is 41.5 Å². The van der Waals surface area contributed by atoms with Gasteiger partial charge in [-0.1, -0.05) is 23.8 Å². The van der Waals surface area contributed by atoms with Gasteiger partial charge in [0.1, 0.15) is 5.75 Å². The van der Waals surface area contributed by atoms with E-state index in [0.29, 0.717) is 5.75 Å². The van der Waals surface area contributed by atoms with Crippen molar-refractivity contribution in [3.8, 4) is 5.75 Å². The van der Waals surface area contributed by atoms with Gasteiger partial charge in [-0.2, -0.15) is 0 Å². The second-order valence-corrected chi connectivity index (χ2v) is 4.39. The highest BCUT2D eigenvalue weighted by Crippen LogP contribution is 2.31. The highest BCUT2D eigenvalue weighted by Gasteiger charge is 2.19. The smallest absolute Gasteiger partial charge is 0.330 e. The van der Waals surface area contributed by atoms with Crippen molar-refractivity contribution in [1.29, 1.82) is 0 Å². The first-order valence-electron chi connectivity index (χ1n) is 6.08. The van der Waals surface area contributed by atoms with Crippen LogP contribution in [0.2, 0.25) is 0 Å². The van der Waals surface area contributed by atoms with Gasteiger partial charge in [0.25, 0.3) is 0 Å². The number of ether oxygens (including phenoxy) is 2. The van der Waals surface area contributed by atoms with Gasteiger partial charge >= 0.3 is 5.97 Å². The fourth-order valence-corrected chi connectivity index (χ4v) is 1.89. The zero-order valence-corrected chi connectivity index (χ0v) is 11.7. The van der Waals surface area contributed by atoms with Gasteiger partial charge in [-0.15, -0.1) is 0 Å². The summed E-state index contributed by atoms with van der Waals surface area (Å²) in [6.45, 7) is 3.64. The summed E-state index contributed by atoms with van der Waals surface area (Å²) in [5, 5.41) is 9.90. The predicted molar refractivity (Wildman–Crippen MR) is 73.3 cm³/mol. The first-order chi connectivity index (χ1) is 8.99. The van der Waals surface area contributed by atoms with Gasteiger partial charge in [0, 0.05) is 17.6 Å². The van der Waals surface area contributed by atoms with Gasteiger partial charge in [0.15, 0.2) is 0 Å². The Balaban J connectivity index is 3.15. The van der Waals surface area contributed by atoms with E-state index in [1.165, 1.54) is 13.2 Å². The minimum absolute atomic E-state index is 0.325. The molecule has 0 unspecified atom stereocenters. The molecule has 0 heterocycles. The first kappa shape index (κ1) is 15.2. The molecular weight excluding hydrogens is 244 g/mol. The summed E-state index contributed by atoms with van der Waals surface area (Å²) in [5.41, 5.74) is 1.91. The number of aliphatic hydroxyl groups excluding tert-OH is 1. The topological polar surface area (TPSA) is 55.8 Å². The number of methoxy groups -OCH3 is 2. The molecular formula is C15H20O4. The molecule has 0 amide bonds. The Bertz CT molecular complexity index is 463. The molecule has 0 aliphatic carbocycles. The average Bonchev–Trinajstić information content (AvgIpc) is 2.38. The molecule has 1 aromatic rings. The molecule has 1 aromatic carbocycles. The maximum atomic E-state index is 11.2. The molecule has 0 aliphatic heterocycles. The van der Waals surface area contributed by atoms with E-state index in [0.717, 1.165) is 11.1 Å². The molecule has 0 fully saturated rings. The third-order valence-corrected chi connectivity index (χ3v) is 2.90. The summed E-state index contributed by atoms with van der Waals surface area (Å²) < 4.78 is 9.86. The molecule has 0 radical (unpaired) electrons. The van der Waals surface area contributed by atoms with Crippen LogP contribution < -0.4 is 4.74 Å². The number of hydrogen-bond donors (Lipinski definition) is 1. The van der Waals surface area contributed by atoms with Gasteiger partial charge in [-0.3, -0.25) is 0 Å². The summed E-state index contributed by atoms with van der Waals surface area (Å²) in [6.07, 6.45) is 2.31. The van der Waals surface area contributed by atoms with Crippen molar-refractivity contribution in [2.75, 3.05) is 14.2 Å². The van der Waals surface area contributed by atoms with Crippen LogP contribution in [0.4, 0.5) is 0 Å². The summed E-state index contributed by atoms with van der Waals surface area (Å²) in [5.74, 6) is -0.0859. The quantitative estimate of drug-likeness (QED) is 0.654. The Morgan fingerprint density at radius 3 is 2.58 bits per heavy atom. The van der Waals surface area contributed by atoms with Crippen molar-refractivity contribution >= 4 is 5.97 Å². The van der Waals surface area contributed by atoms with E-state index in [4.69, 9.17) is 4.74 Å². The van der Waals surface area contributed by atoms with Gasteiger partial charge < -0.3 is 14.6 Å². The Labute approximate surface area is 113 Å². The van der Waals surface area contributed by atoms with Crippen LogP contribution in [0.3, 0.4) is 0 Å². The summed E-state index contributed by atoms with van der Waals surface area (Å²) >= 11 is 0. The number of carbonyl (C=O) groups excluding carboxylic acids is 1. The number of aryl methyl sites for hydroxylation is 1. The second kappa shape index (κ2) is 6.95. The Hall–Kier alpha value is -1.81. The van der Waals surface area contributed by atoms with E-state index in [-0.39, 0.29) is 5.92 Å². The van der Waals surface area contributed by atoms with Crippen LogP contribution in [0.15, 0.2) is 30.4 Å². The van der Waals surface area contributed by atoms with Crippen molar-refractivity contribution in [2.24, 2.45) is 0 Å². The third-order valence-electron chi connectivity index (χ3n) is 2.90. The Morgan fingerprint density at radius 2 is 2.05 bits per heavy atom. The molecule has 1 N–H and O–H groups in total. The number of hydrogen-bond acceptors (Lipinski definition) is 4. The minimum Gasteiger partial charge on any atom is -0.496 e. The largest absolute Gasteiger partial charge is 0.496 e. The molecule has 0 saturated heterocycles. The average molecular weight is 264 g/mol. The number of benzene rings is 1. The number of aliphatic hydroxyl groups is 1. The fraction of sp³-hybridized carbons (Fsp3) is 0.400. The number of carbonyl (C=O) groups is 1. The van der Waals surface area contributed by atoms with Gasteiger partial charge in [-0.05, 0) is 19.9 Å². The lowest BCUT2D eigenvalue weighted by atomic mass is 9.91. The minimum atomic E-state index is -0.642. The molecule has 0 spiro atoms. The molecule has 2 atom stereocenters. The zero-order chi connectivity index (χ0) is 14.4. The maximum Gasteiger partial charge on any atom is 0.330 e. The molecule has 0 saturated carbocycles. The van der Waals surface area contributed by atoms with Crippen LogP contribution in [0.25, 0.3) is 0 Å². The van der Waals surface area contributed by atoms with Crippen LogP contribution in [0, 0.1) is 6.92 Å². The van der Waals surface area contributed by atoms with E-state index in [2.05, 4.69) is 4.74 Å². The van der Waals surface area contributed by atoms with Gasteiger partial charge in [0.2, 0.25) is 0 Å². The summed E-state index contributed by atoms with van der Waals surface area (Å²) in [6, 6.07) is 5.73. The molecule has 0 aliphatic rings. The van der Waals surface area contributed by atoms with Crippen molar-refractivity contribution in [1.82, 2.24) is 0 Å². The number of esters is 1. The van der Waals surface area contributed by atoms with E-state index >= 15 is 0 Å². The molecule has 19 heavy (non-hydrogen) atoms. The van der Waals surface area contributed by atoms with Crippen molar-refractivity contribution < 1.29 is 19.4 Å². The maximum absolute atomic E-state index is 11.2. The first-order valence-corrected chi connectivity index (χ1v) is 6.08. The normalized spacial score (nSPS) is 14.2. The van der Waals surface area contributed by atoms with E-state index < -0.39 is 12.1 Å². The van der Waals surface area contributed by atoms with E-state index in [1.807, 2.05) is 25.1 Å². The summed E-state index contributed by atoms with van der Waals surface area (Å²) in [7, 11) is 2.90. The molecule has 1 rings (SSSR count). The lowest BCUT2D eigenvalue weighted by Gasteiger charge is -2.19. The highest BCUT2D eigenvalue weighted by molar-refractivity contribution is 5.82. The van der Waals surface area contributed by atoms with Crippen molar-refractivity contribution in [3.63, 3.8) is 0 Å². The zero-order valence-electron chi connectivity index (χ0n) is 11.7. The molecule has 4 nitrogen and oxygen atoms in total. The Morgan fingerprint density at radius 1 is 1.37 bits per heavy atom. The van der Waals surface area contributed by atoms with E-state index in [1.54, 1.807) is 20.1 Å². The van der Waals surface area contributed by atoms with Crippen LogP contribution in [-0.4, -0.2) is 31.4 Å². The SMILES string of the molecule is COC(=O)/C=C/[C@H](c1cc(C)ccc1OC)[C@@H](C)O. The highest BCUT2D eigenvalue weighted by atomic mass is 16.5. The van der Waals surface area contributed by atoms with Crippen LogP contribution in [-0.2, 0) is 9.53 Å². The van der Waals surface area contributed by atoms with Crippen LogP contribution in [0.1, 0.15) is 24.0 Å². The lowest BCUT2D eigenvalue weighted by Crippen LogP contribution is -2.14. The monoisotopic (exact) mass is 264 g/mol. The van der Waals surface area contributed by atoms with Crippen molar-refractivity contribution in [2.45, 2.75) is 25.9 Å². The molecule has 104 valence electrons. The third kappa shape index (κ3) is 4.10. The van der Waals surface area contributed by atoms with E-state index in [9.17, 15) is 9.90 Å². The fourth-order valence-electron chi connectivity index (χ4n) is 1.89. The number of rotatable bonds is 5. The lowest BCUT2D eigenvalue weighted by molar-refractivity contribution is -0.134. The van der Waals surface area contributed by atoms with Crippen LogP contribution in [0.5, 0.6) is 5.75 Å². The summed E-state index contributed by atoms with van der Waals surface area (Å²) in [4.78, 5) is 11.2. The standard InChI is InChI=1S/C15H20O4/c1-10-5-7-14(18-3)13(9-10)12(11(2)16)6-8-15(17)19-4/h5-9,11-12,16H,1-4H3/b8-6+/t11-,12+/m1/s1. The predicted octanol–water partition coefficient (Wildman–Crippen LogP) is 2.20. The van der Waals surface area contributed by atoms with Crippen LogP contribution >= 0.6 is 0 Å². The van der Waals surface area contributed by atoms with Gasteiger partial charge in [-0.25, -0.2) is 4.79 Å². The Kier molecular flexibility index (Phi) is 5.57. The molecule has 0 aromatic heterocycles. The molecule has 0 bridgehead atoms. The molecule has 4 heteroatoms. The van der Waals surface area contributed by atoms with Gasteiger partial charge in [0.05, 0.1) is 20.3 Å².